The van der Waals surface area contributed by atoms with Crippen LogP contribution >= 0.6 is 0 Å². The molecule has 2 atom stereocenters. The first-order valence-electron chi connectivity index (χ1n) is 6.74. The Balaban J connectivity index is 4.93. The van der Waals surface area contributed by atoms with Crippen molar-refractivity contribution in [2.45, 2.75) is 65.4 Å². The Morgan fingerprint density at radius 3 is 2.11 bits per heavy atom. The molecule has 0 saturated heterocycles. The normalized spacial score (nSPS) is 15.6. The largest absolute Gasteiger partial charge is 0.480 e. The van der Waals surface area contributed by atoms with E-state index in [9.17, 15) is 24.6 Å². The number of carbonyl (C=O) groups excluding carboxylic acids is 2. The average Bonchev–Trinajstić information content (AvgIpc) is 2.37. The number of aliphatic carboxylic acids is 1. The Bertz CT molecular complexity index is 321. The van der Waals surface area contributed by atoms with Gasteiger partial charge in [-0.25, -0.2) is 0 Å². The molecule has 0 aliphatic rings. The maximum absolute atomic E-state index is 11.7. The van der Waals surface area contributed by atoms with Crippen molar-refractivity contribution in [1.29, 1.82) is 0 Å². The molecule has 2 N–H and O–H groups in total. The number of aliphatic hydroxyl groups is 1. The number of ketones is 2. The van der Waals surface area contributed by atoms with E-state index in [2.05, 4.69) is 0 Å². The molecule has 19 heavy (non-hydrogen) atoms. The number of Topliss-reactive ketones (excluding diaryl/α,β-unsaturated/α-hetero) is 2. The van der Waals surface area contributed by atoms with E-state index in [0.29, 0.717) is 12.8 Å². The van der Waals surface area contributed by atoms with Crippen LogP contribution in [0, 0.1) is 5.41 Å². The third kappa shape index (κ3) is 5.11. The quantitative estimate of drug-likeness (QED) is 0.593. The highest BCUT2D eigenvalue weighted by molar-refractivity contribution is 6.02. The highest BCUT2D eigenvalue weighted by atomic mass is 16.4. The highest BCUT2D eigenvalue weighted by Gasteiger charge is 2.43. The molecule has 5 heteroatoms. The van der Waals surface area contributed by atoms with Crippen LogP contribution in [0.3, 0.4) is 0 Å². The molecule has 0 heterocycles. The Morgan fingerprint density at radius 1 is 1.16 bits per heavy atom. The fourth-order valence-corrected chi connectivity index (χ4v) is 1.99. The fourth-order valence-electron chi connectivity index (χ4n) is 1.99. The SMILES string of the molecule is CCC(=O)CCC(CCC(O)CC)(C(C)=O)C(=O)O. The van der Waals surface area contributed by atoms with Gasteiger partial charge in [-0.05, 0) is 32.6 Å². The summed E-state index contributed by atoms with van der Waals surface area (Å²) in [6.45, 7) is 4.74. The van der Waals surface area contributed by atoms with Crippen LogP contribution in [0.5, 0.6) is 0 Å². The Labute approximate surface area is 114 Å². The van der Waals surface area contributed by atoms with Crippen molar-refractivity contribution in [3.8, 4) is 0 Å². The van der Waals surface area contributed by atoms with E-state index in [4.69, 9.17) is 0 Å². The molecule has 0 aromatic rings. The van der Waals surface area contributed by atoms with E-state index in [1.54, 1.807) is 13.8 Å². The zero-order chi connectivity index (χ0) is 15.1. The zero-order valence-corrected chi connectivity index (χ0v) is 11.9. The van der Waals surface area contributed by atoms with E-state index in [1.165, 1.54) is 6.92 Å². The summed E-state index contributed by atoms with van der Waals surface area (Å²) in [6, 6.07) is 0. The predicted octanol–water partition coefficient (Wildman–Crippen LogP) is 1.96. The molecule has 2 unspecified atom stereocenters. The first-order valence-corrected chi connectivity index (χ1v) is 6.74. The third-order valence-electron chi connectivity index (χ3n) is 3.68. The molecule has 0 spiro atoms. The molecular weight excluding hydrogens is 248 g/mol. The number of carboxylic acid groups (broad SMARTS) is 1. The average molecular weight is 272 g/mol. The monoisotopic (exact) mass is 272 g/mol. The second-order valence-electron chi connectivity index (χ2n) is 4.94. The van der Waals surface area contributed by atoms with E-state index in [0.717, 1.165) is 0 Å². The standard InChI is InChI=1S/C14H24O5/c1-4-11(16)6-8-14(10(3)15,13(18)19)9-7-12(17)5-2/h11,16H,4-9H2,1-3H3,(H,18,19). The predicted molar refractivity (Wildman–Crippen MR) is 70.8 cm³/mol. The van der Waals surface area contributed by atoms with E-state index < -0.39 is 23.3 Å². The molecule has 0 amide bonds. The molecule has 0 fully saturated rings. The van der Waals surface area contributed by atoms with Crippen LogP contribution in [0.4, 0.5) is 0 Å². The number of hydrogen-bond acceptors (Lipinski definition) is 4. The molecule has 110 valence electrons. The number of carboxylic acids is 1. The molecular formula is C14H24O5. The third-order valence-corrected chi connectivity index (χ3v) is 3.68. The van der Waals surface area contributed by atoms with Crippen LogP contribution in [0.1, 0.15) is 59.3 Å². The summed E-state index contributed by atoms with van der Waals surface area (Å²) in [5.41, 5.74) is -1.54. The minimum absolute atomic E-state index is 0.0147. The number of carbonyl (C=O) groups is 3. The van der Waals surface area contributed by atoms with Crippen LogP contribution in [0.15, 0.2) is 0 Å². The van der Waals surface area contributed by atoms with Gasteiger partial charge in [0.1, 0.15) is 17.0 Å². The summed E-state index contributed by atoms with van der Waals surface area (Å²) in [4.78, 5) is 34.5. The van der Waals surface area contributed by atoms with Gasteiger partial charge in [-0.3, -0.25) is 14.4 Å². The van der Waals surface area contributed by atoms with Gasteiger partial charge in [0.05, 0.1) is 6.10 Å². The molecule has 0 aromatic heterocycles. The zero-order valence-electron chi connectivity index (χ0n) is 11.9. The van der Waals surface area contributed by atoms with Crippen LogP contribution in [-0.4, -0.2) is 33.9 Å². The first kappa shape index (κ1) is 17.8. The van der Waals surface area contributed by atoms with Gasteiger partial charge in [-0.15, -0.1) is 0 Å². The minimum Gasteiger partial charge on any atom is -0.480 e. The molecule has 0 aliphatic carbocycles. The van der Waals surface area contributed by atoms with Crippen molar-refractivity contribution < 1.29 is 24.6 Å². The summed E-state index contributed by atoms with van der Waals surface area (Å²) < 4.78 is 0. The summed E-state index contributed by atoms with van der Waals surface area (Å²) >= 11 is 0. The lowest BCUT2D eigenvalue weighted by atomic mass is 9.74. The highest BCUT2D eigenvalue weighted by Crippen LogP contribution is 2.33. The van der Waals surface area contributed by atoms with Crippen LogP contribution < -0.4 is 0 Å². The molecule has 5 nitrogen and oxygen atoms in total. The second kappa shape index (κ2) is 8.04. The molecule has 0 rings (SSSR count). The van der Waals surface area contributed by atoms with Gasteiger partial charge in [0.15, 0.2) is 0 Å². The Kier molecular flexibility index (Phi) is 7.52. The lowest BCUT2D eigenvalue weighted by Gasteiger charge is -2.27. The maximum atomic E-state index is 11.7. The smallest absolute Gasteiger partial charge is 0.317 e. The van der Waals surface area contributed by atoms with Gasteiger partial charge in [-0.2, -0.15) is 0 Å². The fraction of sp³-hybridized carbons (Fsp3) is 0.786. The van der Waals surface area contributed by atoms with E-state index in [-0.39, 0.29) is 31.5 Å². The van der Waals surface area contributed by atoms with Gasteiger partial charge < -0.3 is 10.2 Å². The molecule has 0 saturated carbocycles. The minimum atomic E-state index is -1.54. The van der Waals surface area contributed by atoms with E-state index >= 15 is 0 Å². The molecule has 0 radical (unpaired) electrons. The number of aliphatic hydroxyl groups excluding tert-OH is 1. The van der Waals surface area contributed by atoms with Gasteiger partial charge in [0, 0.05) is 12.8 Å². The van der Waals surface area contributed by atoms with Crippen molar-refractivity contribution in [2.24, 2.45) is 5.41 Å². The van der Waals surface area contributed by atoms with Crippen molar-refractivity contribution in [1.82, 2.24) is 0 Å². The Hall–Kier alpha value is -1.23. The summed E-state index contributed by atoms with van der Waals surface area (Å²) in [6.07, 6.45) is 0.671. The maximum Gasteiger partial charge on any atom is 0.317 e. The topological polar surface area (TPSA) is 91.7 Å². The second-order valence-corrected chi connectivity index (χ2v) is 4.94. The molecule has 0 aliphatic heterocycles. The molecule has 0 bridgehead atoms. The van der Waals surface area contributed by atoms with Crippen LogP contribution in [0.2, 0.25) is 0 Å². The van der Waals surface area contributed by atoms with Crippen LogP contribution in [0.25, 0.3) is 0 Å². The van der Waals surface area contributed by atoms with Crippen LogP contribution in [-0.2, 0) is 14.4 Å². The first-order chi connectivity index (χ1) is 8.80. The lowest BCUT2D eigenvalue weighted by Crippen LogP contribution is -2.39. The Morgan fingerprint density at radius 2 is 1.74 bits per heavy atom. The lowest BCUT2D eigenvalue weighted by molar-refractivity contribution is -0.156. The van der Waals surface area contributed by atoms with Gasteiger partial charge in [-0.1, -0.05) is 13.8 Å². The summed E-state index contributed by atoms with van der Waals surface area (Å²) in [5.74, 6) is -1.71. The number of hydrogen-bond donors (Lipinski definition) is 2. The van der Waals surface area contributed by atoms with Gasteiger partial charge in [0.2, 0.25) is 0 Å². The van der Waals surface area contributed by atoms with Crippen molar-refractivity contribution in [3.05, 3.63) is 0 Å². The van der Waals surface area contributed by atoms with Gasteiger partial charge in [0.25, 0.3) is 0 Å². The van der Waals surface area contributed by atoms with E-state index in [1.807, 2.05) is 0 Å². The van der Waals surface area contributed by atoms with Gasteiger partial charge >= 0.3 is 5.97 Å². The summed E-state index contributed by atoms with van der Waals surface area (Å²) in [7, 11) is 0. The summed E-state index contributed by atoms with van der Waals surface area (Å²) in [5, 5.41) is 18.9. The molecule has 0 aromatic carbocycles. The number of rotatable bonds is 10. The van der Waals surface area contributed by atoms with Crippen molar-refractivity contribution >= 4 is 17.5 Å². The van der Waals surface area contributed by atoms with Crippen molar-refractivity contribution in [2.75, 3.05) is 0 Å². The van der Waals surface area contributed by atoms with Crippen molar-refractivity contribution in [3.63, 3.8) is 0 Å².